The third kappa shape index (κ3) is 3.98. The molecule has 3 N–H and O–H groups in total. The summed E-state index contributed by atoms with van der Waals surface area (Å²) in [6, 6.07) is 4.43. The molecule has 0 heterocycles. The van der Waals surface area contributed by atoms with Gasteiger partial charge >= 0.3 is 12.0 Å². The minimum absolute atomic E-state index is 0.344. The summed E-state index contributed by atoms with van der Waals surface area (Å²) in [6.07, 6.45) is 1.14. The maximum atomic E-state index is 11.8. The van der Waals surface area contributed by atoms with Crippen LogP contribution in [-0.2, 0) is 11.2 Å². The van der Waals surface area contributed by atoms with Crippen molar-refractivity contribution in [3.8, 4) is 0 Å². The molecular weight excluding hydrogens is 244 g/mol. The van der Waals surface area contributed by atoms with Gasteiger partial charge in [0.05, 0.1) is 0 Å². The van der Waals surface area contributed by atoms with Crippen molar-refractivity contribution in [2.24, 2.45) is 0 Å². The Balaban J connectivity index is 2.80. The number of urea groups is 1. The number of carbonyl (C=O) groups is 2. The first-order chi connectivity index (χ1) is 8.99. The summed E-state index contributed by atoms with van der Waals surface area (Å²) in [7, 11) is 0. The number of hydrogen-bond acceptors (Lipinski definition) is 2. The minimum atomic E-state index is -1.03. The smallest absolute Gasteiger partial charge is 0.326 e. The molecule has 0 aliphatic carbocycles. The highest BCUT2D eigenvalue weighted by Crippen LogP contribution is 2.20. The first kappa shape index (κ1) is 15.0. The molecule has 1 atom stereocenters. The number of carbonyl (C=O) groups excluding carboxylic acids is 1. The monoisotopic (exact) mass is 264 g/mol. The van der Waals surface area contributed by atoms with E-state index in [9.17, 15) is 9.59 Å². The Morgan fingerprint density at radius 2 is 2.00 bits per heavy atom. The molecule has 5 heteroatoms. The first-order valence-electron chi connectivity index (χ1n) is 6.38. The third-order valence-electron chi connectivity index (χ3n) is 2.99. The number of para-hydroxylation sites is 1. The lowest BCUT2D eigenvalue weighted by Crippen LogP contribution is -2.42. The van der Waals surface area contributed by atoms with E-state index in [2.05, 4.69) is 10.6 Å². The van der Waals surface area contributed by atoms with Crippen LogP contribution in [0.2, 0.25) is 0 Å². The average Bonchev–Trinajstić information content (AvgIpc) is 2.38. The fraction of sp³-hybridized carbons (Fsp3) is 0.429. The van der Waals surface area contributed by atoms with E-state index in [0.717, 1.165) is 23.2 Å². The number of amides is 2. The number of carboxylic acid groups (broad SMARTS) is 1. The molecule has 1 aromatic carbocycles. The van der Waals surface area contributed by atoms with Gasteiger partial charge in [0.2, 0.25) is 0 Å². The molecule has 0 radical (unpaired) electrons. The Hall–Kier alpha value is -2.04. The van der Waals surface area contributed by atoms with Gasteiger partial charge in [-0.1, -0.05) is 32.0 Å². The van der Waals surface area contributed by atoms with Crippen LogP contribution < -0.4 is 10.6 Å². The van der Waals surface area contributed by atoms with Gasteiger partial charge in [0, 0.05) is 5.69 Å². The van der Waals surface area contributed by atoms with Gasteiger partial charge in [-0.05, 0) is 30.9 Å². The van der Waals surface area contributed by atoms with Crippen molar-refractivity contribution in [1.82, 2.24) is 5.32 Å². The molecule has 0 aromatic heterocycles. The zero-order chi connectivity index (χ0) is 14.4. The quantitative estimate of drug-likeness (QED) is 0.764. The summed E-state index contributed by atoms with van der Waals surface area (Å²) in [4.78, 5) is 22.7. The second kappa shape index (κ2) is 6.78. The molecule has 0 aliphatic heterocycles. The molecule has 5 nitrogen and oxygen atoms in total. The average molecular weight is 264 g/mol. The maximum Gasteiger partial charge on any atom is 0.326 e. The topological polar surface area (TPSA) is 78.4 Å². The lowest BCUT2D eigenvalue weighted by atomic mass is 10.1. The summed E-state index contributed by atoms with van der Waals surface area (Å²) < 4.78 is 0. The van der Waals surface area contributed by atoms with E-state index in [1.165, 1.54) is 0 Å². The van der Waals surface area contributed by atoms with Crippen LogP contribution in [0.4, 0.5) is 10.5 Å². The summed E-state index contributed by atoms with van der Waals surface area (Å²) in [5, 5.41) is 14.1. The molecule has 0 unspecified atom stereocenters. The van der Waals surface area contributed by atoms with Crippen LogP contribution >= 0.6 is 0 Å². The molecule has 0 fully saturated rings. The van der Waals surface area contributed by atoms with Crippen LogP contribution in [0.15, 0.2) is 18.2 Å². The second-order valence-corrected chi connectivity index (χ2v) is 4.36. The van der Waals surface area contributed by atoms with Gasteiger partial charge < -0.3 is 15.7 Å². The molecule has 1 rings (SSSR count). The molecule has 0 aliphatic rings. The van der Waals surface area contributed by atoms with Crippen molar-refractivity contribution >= 4 is 17.7 Å². The minimum Gasteiger partial charge on any atom is -0.480 e. The van der Waals surface area contributed by atoms with Crippen molar-refractivity contribution in [3.63, 3.8) is 0 Å². The zero-order valence-corrected chi connectivity index (χ0v) is 11.5. The lowest BCUT2D eigenvalue weighted by molar-refractivity contribution is -0.139. The van der Waals surface area contributed by atoms with Gasteiger partial charge in [0.25, 0.3) is 0 Å². The molecular formula is C14H20N2O3. The largest absolute Gasteiger partial charge is 0.480 e. The first-order valence-corrected chi connectivity index (χ1v) is 6.38. The van der Waals surface area contributed by atoms with Gasteiger partial charge in [-0.15, -0.1) is 0 Å². The van der Waals surface area contributed by atoms with Crippen molar-refractivity contribution in [3.05, 3.63) is 29.3 Å². The van der Waals surface area contributed by atoms with Gasteiger partial charge in [-0.25, -0.2) is 9.59 Å². The highest BCUT2D eigenvalue weighted by molar-refractivity contribution is 5.93. The molecule has 19 heavy (non-hydrogen) atoms. The molecule has 0 saturated carbocycles. The Morgan fingerprint density at radius 3 is 2.53 bits per heavy atom. The molecule has 0 saturated heterocycles. The second-order valence-electron chi connectivity index (χ2n) is 4.36. The fourth-order valence-electron chi connectivity index (χ4n) is 1.85. The van der Waals surface area contributed by atoms with E-state index in [1.54, 1.807) is 6.92 Å². The molecule has 1 aromatic rings. The number of aliphatic carboxylic acids is 1. The van der Waals surface area contributed by atoms with E-state index >= 15 is 0 Å². The lowest BCUT2D eigenvalue weighted by Gasteiger charge is -2.16. The summed E-state index contributed by atoms with van der Waals surface area (Å²) in [5.74, 6) is -1.03. The van der Waals surface area contributed by atoms with Gasteiger partial charge in [-0.3, -0.25) is 0 Å². The molecule has 2 amide bonds. The number of aryl methyl sites for hydroxylation is 2. The Kier molecular flexibility index (Phi) is 5.36. The Bertz CT molecular complexity index is 472. The van der Waals surface area contributed by atoms with Gasteiger partial charge in [-0.2, -0.15) is 0 Å². The van der Waals surface area contributed by atoms with Crippen molar-refractivity contribution in [1.29, 1.82) is 0 Å². The summed E-state index contributed by atoms with van der Waals surface area (Å²) in [5.41, 5.74) is 2.74. The van der Waals surface area contributed by atoms with E-state index < -0.39 is 18.0 Å². The molecule has 0 spiro atoms. The van der Waals surface area contributed by atoms with E-state index in [-0.39, 0.29) is 0 Å². The number of benzene rings is 1. The number of carboxylic acids is 1. The Labute approximate surface area is 113 Å². The highest BCUT2D eigenvalue weighted by atomic mass is 16.4. The van der Waals surface area contributed by atoms with Crippen LogP contribution in [0.3, 0.4) is 0 Å². The summed E-state index contributed by atoms with van der Waals surface area (Å²) >= 11 is 0. The van der Waals surface area contributed by atoms with Crippen LogP contribution in [0.5, 0.6) is 0 Å². The van der Waals surface area contributed by atoms with Gasteiger partial charge in [0.15, 0.2) is 0 Å². The number of hydrogen-bond donors (Lipinski definition) is 3. The van der Waals surface area contributed by atoms with Crippen molar-refractivity contribution in [2.45, 2.75) is 39.7 Å². The summed E-state index contributed by atoms with van der Waals surface area (Å²) in [6.45, 7) is 5.62. The van der Waals surface area contributed by atoms with Crippen LogP contribution in [0.1, 0.15) is 31.4 Å². The van der Waals surface area contributed by atoms with Crippen molar-refractivity contribution in [2.75, 3.05) is 5.32 Å². The Morgan fingerprint density at radius 1 is 1.32 bits per heavy atom. The predicted molar refractivity (Wildman–Crippen MR) is 74.4 cm³/mol. The van der Waals surface area contributed by atoms with E-state index in [4.69, 9.17) is 5.11 Å². The number of rotatable bonds is 5. The molecule has 104 valence electrons. The normalized spacial score (nSPS) is 11.7. The number of anilines is 1. The SMILES string of the molecule is CCc1cccc(C)c1NC(=O)N[C@H](CC)C(=O)O. The molecule has 0 bridgehead atoms. The standard InChI is InChI=1S/C14H20N2O3/c1-4-10-8-6-7-9(3)12(10)16-14(19)15-11(5-2)13(17)18/h6-8,11H,4-5H2,1-3H3,(H,17,18)(H2,15,16,19)/t11-/m1/s1. The predicted octanol–water partition coefficient (Wildman–Crippen LogP) is 2.54. The third-order valence-corrected chi connectivity index (χ3v) is 2.99. The highest BCUT2D eigenvalue weighted by Gasteiger charge is 2.18. The number of nitrogens with one attached hydrogen (secondary N) is 2. The van der Waals surface area contributed by atoms with Crippen LogP contribution in [0, 0.1) is 6.92 Å². The van der Waals surface area contributed by atoms with E-state index in [0.29, 0.717) is 6.42 Å². The van der Waals surface area contributed by atoms with Crippen LogP contribution in [-0.4, -0.2) is 23.1 Å². The maximum absolute atomic E-state index is 11.8. The fourth-order valence-corrected chi connectivity index (χ4v) is 1.85. The zero-order valence-electron chi connectivity index (χ0n) is 11.5. The van der Waals surface area contributed by atoms with Crippen LogP contribution in [0.25, 0.3) is 0 Å². The van der Waals surface area contributed by atoms with Crippen molar-refractivity contribution < 1.29 is 14.7 Å². The van der Waals surface area contributed by atoms with E-state index in [1.807, 2.05) is 32.0 Å². The van der Waals surface area contributed by atoms with Gasteiger partial charge in [0.1, 0.15) is 6.04 Å².